The van der Waals surface area contributed by atoms with Crippen molar-refractivity contribution in [2.45, 2.75) is 96.7 Å². The minimum atomic E-state index is -2.01. The van der Waals surface area contributed by atoms with Gasteiger partial charge in [0.05, 0.1) is 0 Å². The van der Waals surface area contributed by atoms with Crippen molar-refractivity contribution in [2.24, 2.45) is 0 Å². The van der Waals surface area contributed by atoms with Crippen LogP contribution in [0.2, 0.25) is 17.6 Å². The number of hydrogen-bond donors (Lipinski definition) is 0. The fourth-order valence-corrected chi connectivity index (χ4v) is 7.46. The third-order valence-electron chi connectivity index (χ3n) is 5.04. The molecule has 0 unspecified atom stereocenters. The minimum absolute atomic E-state index is 0.336. The van der Waals surface area contributed by atoms with Crippen LogP contribution in [0.3, 0.4) is 0 Å². The van der Waals surface area contributed by atoms with Gasteiger partial charge in [-0.25, -0.2) is 4.39 Å². The second-order valence-electron chi connectivity index (χ2n) is 7.29. The Bertz CT molecular complexity index is 435. The summed E-state index contributed by atoms with van der Waals surface area (Å²) >= 11 is 0. The molecule has 0 saturated carbocycles. The molecule has 1 aromatic rings. The standard InChI is InChI=1S/C21H36FOSi/c1-5-7-9-13-17-24(19(3)4,18-14-10-8-6-2)23-21-16-12-11-15-20(21)22/h11-12,16,19H,5-10,13-14,17-18H2,1-4H3. The van der Waals surface area contributed by atoms with Gasteiger partial charge in [-0.15, -0.1) is 0 Å². The van der Waals surface area contributed by atoms with Gasteiger partial charge in [0.1, 0.15) is 5.75 Å². The van der Waals surface area contributed by atoms with Gasteiger partial charge in [-0.2, -0.15) is 0 Å². The van der Waals surface area contributed by atoms with Crippen LogP contribution >= 0.6 is 0 Å². The predicted molar refractivity (Wildman–Crippen MR) is 105 cm³/mol. The Labute approximate surface area is 150 Å². The summed E-state index contributed by atoms with van der Waals surface area (Å²) in [7, 11) is -2.01. The van der Waals surface area contributed by atoms with Gasteiger partial charge in [0.2, 0.25) is 0 Å². The second kappa shape index (κ2) is 11.7. The third-order valence-corrected chi connectivity index (χ3v) is 10.2. The smallest absolute Gasteiger partial charge is 0.253 e. The molecular formula is C21H36FOSi. The van der Waals surface area contributed by atoms with E-state index in [9.17, 15) is 4.39 Å². The Morgan fingerprint density at radius 3 is 2.04 bits per heavy atom. The zero-order valence-electron chi connectivity index (χ0n) is 16.2. The largest absolute Gasteiger partial charge is 0.541 e. The number of rotatable bonds is 13. The van der Waals surface area contributed by atoms with E-state index in [4.69, 9.17) is 4.43 Å². The molecule has 1 aromatic carbocycles. The van der Waals surface area contributed by atoms with Gasteiger partial charge < -0.3 is 4.43 Å². The molecule has 137 valence electrons. The summed E-state index contributed by atoms with van der Waals surface area (Å²) in [5.74, 6) is 0.0843. The van der Waals surface area contributed by atoms with E-state index >= 15 is 0 Å². The maximum atomic E-state index is 14.1. The van der Waals surface area contributed by atoms with Gasteiger partial charge in [-0.3, -0.25) is 0 Å². The van der Waals surface area contributed by atoms with Crippen molar-refractivity contribution >= 4 is 8.32 Å². The van der Waals surface area contributed by atoms with E-state index < -0.39 is 8.32 Å². The summed E-state index contributed by atoms with van der Waals surface area (Å²) in [5, 5.41) is 0. The van der Waals surface area contributed by atoms with Crippen LogP contribution in [-0.2, 0) is 0 Å². The van der Waals surface area contributed by atoms with Gasteiger partial charge >= 0.3 is 0 Å². The summed E-state index contributed by atoms with van der Waals surface area (Å²) in [5.41, 5.74) is 0.500. The van der Waals surface area contributed by atoms with Gasteiger partial charge in [-0.1, -0.05) is 91.2 Å². The maximum absolute atomic E-state index is 14.1. The number of benzene rings is 1. The van der Waals surface area contributed by atoms with E-state index in [-0.39, 0.29) is 5.82 Å². The first-order chi connectivity index (χ1) is 11.6. The average Bonchev–Trinajstić information content (AvgIpc) is 2.57. The fourth-order valence-electron chi connectivity index (χ4n) is 3.32. The van der Waals surface area contributed by atoms with E-state index in [1.165, 1.54) is 51.4 Å². The molecule has 1 nitrogen and oxygen atoms in total. The van der Waals surface area contributed by atoms with Crippen molar-refractivity contribution in [3.63, 3.8) is 0 Å². The average molecular weight is 352 g/mol. The first-order valence-electron chi connectivity index (χ1n) is 9.91. The molecule has 0 N–H and O–H groups in total. The molecule has 0 atom stereocenters. The normalized spacial score (nSPS) is 11.9. The van der Waals surface area contributed by atoms with Gasteiger partial charge in [-0.05, 0) is 23.7 Å². The predicted octanol–water partition coefficient (Wildman–Crippen LogP) is 7.52. The molecule has 0 aliphatic rings. The lowest BCUT2D eigenvalue weighted by Crippen LogP contribution is -2.45. The zero-order chi connectivity index (χ0) is 17.8. The molecule has 3 heteroatoms. The lowest BCUT2D eigenvalue weighted by atomic mass is 10.2. The Balaban J connectivity index is 2.85. The molecule has 0 aromatic heterocycles. The topological polar surface area (TPSA) is 9.23 Å². The molecule has 0 aliphatic carbocycles. The van der Waals surface area contributed by atoms with Gasteiger partial charge in [0.25, 0.3) is 8.32 Å². The molecule has 24 heavy (non-hydrogen) atoms. The lowest BCUT2D eigenvalue weighted by Gasteiger charge is -2.36. The quantitative estimate of drug-likeness (QED) is 0.264. The fraction of sp³-hybridized carbons (Fsp3) is 0.714. The molecule has 0 fully saturated rings. The highest BCUT2D eigenvalue weighted by Gasteiger charge is 2.40. The molecule has 0 heterocycles. The Hall–Kier alpha value is -0.833. The van der Waals surface area contributed by atoms with Crippen LogP contribution in [0.5, 0.6) is 5.75 Å². The molecule has 0 aliphatic heterocycles. The number of unbranched alkanes of at least 4 members (excludes halogenated alkanes) is 6. The highest BCUT2D eigenvalue weighted by molar-refractivity contribution is 6.75. The SMILES string of the molecule is CCCCCC[Si](CCCCCC)(Oc1ccc[c]c1F)C(C)C. The third kappa shape index (κ3) is 6.96. The summed E-state index contributed by atoms with van der Waals surface area (Å²) in [6, 6.07) is 10.1. The van der Waals surface area contributed by atoms with Gasteiger partial charge in [0.15, 0.2) is 5.82 Å². The van der Waals surface area contributed by atoms with E-state index in [1.54, 1.807) is 12.1 Å². The first-order valence-corrected chi connectivity index (χ1v) is 12.3. The second-order valence-corrected chi connectivity index (χ2v) is 11.8. The van der Waals surface area contributed by atoms with Crippen molar-refractivity contribution in [3.05, 3.63) is 30.1 Å². The molecule has 0 bridgehead atoms. The Morgan fingerprint density at radius 1 is 1.00 bits per heavy atom. The van der Waals surface area contributed by atoms with E-state index in [0.29, 0.717) is 11.3 Å². The van der Waals surface area contributed by atoms with Crippen molar-refractivity contribution in [1.29, 1.82) is 0 Å². The van der Waals surface area contributed by atoms with E-state index in [1.807, 2.05) is 6.07 Å². The number of halogens is 1. The van der Waals surface area contributed by atoms with Crippen LogP contribution in [0.15, 0.2) is 18.2 Å². The highest BCUT2D eigenvalue weighted by Crippen LogP contribution is 2.36. The molecule has 1 radical (unpaired) electrons. The van der Waals surface area contributed by atoms with Crippen LogP contribution < -0.4 is 4.43 Å². The highest BCUT2D eigenvalue weighted by atomic mass is 28.4. The van der Waals surface area contributed by atoms with Crippen LogP contribution in [0, 0.1) is 11.9 Å². The van der Waals surface area contributed by atoms with Crippen molar-refractivity contribution in [1.82, 2.24) is 0 Å². The van der Waals surface area contributed by atoms with Crippen LogP contribution in [0.25, 0.3) is 0 Å². The van der Waals surface area contributed by atoms with Gasteiger partial charge in [0, 0.05) is 6.07 Å². The summed E-state index contributed by atoms with van der Waals surface area (Å²) in [6.07, 6.45) is 10.0. The van der Waals surface area contributed by atoms with Crippen molar-refractivity contribution in [2.75, 3.05) is 0 Å². The molecule has 0 saturated heterocycles. The maximum Gasteiger partial charge on any atom is 0.253 e. The first kappa shape index (κ1) is 21.2. The van der Waals surface area contributed by atoms with E-state index in [2.05, 4.69) is 33.8 Å². The monoisotopic (exact) mass is 351 g/mol. The Kier molecular flexibility index (Phi) is 10.3. The minimum Gasteiger partial charge on any atom is -0.541 e. The van der Waals surface area contributed by atoms with Crippen LogP contribution in [0.4, 0.5) is 4.39 Å². The molecule has 0 spiro atoms. The summed E-state index contributed by atoms with van der Waals surface area (Å²) < 4.78 is 20.6. The van der Waals surface area contributed by atoms with Crippen molar-refractivity contribution in [3.8, 4) is 5.75 Å². The molecule has 0 amide bonds. The summed E-state index contributed by atoms with van der Waals surface area (Å²) in [4.78, 5) is 0. The van der Waals surface area contributed by atoms with Crippen molar-refractivity contribution < 1.29 is 8.82 Å². The number of hydrogen-bond acceptors (Lipinski definition) is 1. The van der Waals surface area contributed by atoms with Crippen LogP contribution in [-0.4, -0.2) is 8.32 Å². The molecule has 1 rings (SSSR count). The van der Waals surface area contributed by atoms with Crippen LogP contribution in [0.1, 0.15) is 79.1 Å². The molecular weight excluding hydrogens is 315 g/mol. The Morgan fingerprint density at radius 2 is 1.58 bits per heavy atom. The van der Waals surface area contributed by atoms with E-state index in [0.717, 1.165) is 12.1 Å². The summed E-state index contributed by atoms with van der Waals surface area (Å²) in [6.45, 7) is 9.03. The lowest BCUT2D eigenvalue weighted by molar-refractivity contribution is 0.458. The zero-order valence-corrected chi connectivity index (χ0v) is 17.2.